The first kappa shape index (κ1) is 20.6. The van der Waals surface area contributed by atoms with Crippen LogP contribution in [0.1, 0.15) is 36.6 Å². The van der Waals surface area contributed by atoms with Crippen LogP contribution in [0.4, 0.5) is 0 Å². The molecule has 0 saturated carbocycles. The fourth-order valence-electron chi connectivity index (χ4n) is 2.70. The molecule has 6 nitrogen and oxygen atoms in total. The van der Waals surface area contributed by atoms with Gasteiger partial charge in [-0.25, -0.2) is 10.1 Å². The maximum Gasteiger partial charge on any atom is 0.277 e. The number of carbonyl (C=O) groups is 1. The minimum absolute atomic E-state index is 0.131. The Kier molecular flexibility index (Phi) is 6.67. The number of carbonyl (C=O) groups excluding carboxylic acids is 1. The summed E-state index contributed by atoms with van der Waals surface area (Å²) in [5, 5.41) is 8.83. The summed E-state index contributed by atoms with van der Waals surface area (Å²) >= 11 is 6.43. The van der Waals surface area contributed by atoms with Crippen molar-refractivity contribution < 1.29 is 9.53 Å². The Morgan fingerprint density at radius 3 is 2.55 bits per heavy atom. The number of aryl methyl sites for hydroxylation is 1. The molecule has 1 aromatic heterocycles. The average molecular weight is 411 g/mol. The van der Waals surface area contributed by atoms with Crippen molar-refractivity contribution in [3.05, 3.63) is 76.6 Å². The molecule has 3 aromatic rings. The van der Waals surface area contributed by atoms with Gasteiger partial charge in [-0.05, 0) is 42.7 Å². The summed E-state index contributed by atoms with van der Waals surface area (Å²) in [4.78, 5) is 12.0. The predicted molar refractivity (Wildman–Crippen MR) is 115 cm³/mol. The summed E-state index contributed by atoms with van der Waals surface area (Å²) in [6, 6.07) is 17.3. The summed E-state index contributed by atoms with van der Waals surface area (Å²) in [6.45, 7) is 5.95. The van der Waals surface area contributed by atoms with Gasteiger partial charge in [-0.3, -0.25) is 4.79 Å². The Morgan fingerprint density at radius 2 is 1.90 bits per heavy atom. The summed E-state index contributed by atoms with van der Waals surface area (Å²) in [6.07, 6.45) is 1.49. The molecule has 0 aliphatic heterocycles. The predicted octanol–water partition coefficient (Wildman–Crippen LogP) is 4.49. The molecular weight excluding hydrogens is 388 g/mol. The van der Waals surface area contributed by atoms with Gasteiger partial charge in [-0.15, -0.1) is 0 Å². The molecule has 2 aromatic carbocycles. The Bertz CT molecular complexity index is 996. The molecule has 0 aliphatic carbocycles. The third-order valence-electron chi connectivity index (χ3n) is 4.35. The second-order valence-electron chi connectivity index (χ2n) is 6.84. The molecule has 0 atom stereocenters. The third-order valence-corrected chi connectivity index (χ3v) is 4.71. The van der Waals surface area contributed by atoms with Crippen LogP contribution in [0.25, 0.3) is 5.69 Å². The van der Waals surface area contributed by atoms with Gasteiger partial charge in [0.25, 0.3) is 5.91 Å². The molecule has 150 valence electrons. The molecule has 7 heteroatoms. The number of nitrogens with one attached hydrogen (secondary N) is 1. The van der Waals surface area contributed by atoms with Crippen LogP contribution in [-0.4, -0.2) is 28.5 Å². The zero-order valence-corrected chi connectivity index (χ0v) is 17.3. The lowest BCUT2D eigenvalue weighted by atomic mass is 10.0. The van der Waals surface area contributed by atoms with Gasteiger partial charge in [0.05, 0.1) is 23.2 Å². The molecule has 3 rings (SSSR count). The minimum Gasteiger partial charge on any atom is -0.484 e. The van der Waals surface area contributed by atoms with E-state index in [1.54, 1.807) is 4.68 Å². The van der Waals surface area contributed by atoms with Crippen molar-refractivity contribution in [3.8, 4) is 11.4 Å². The normalized spacial score (nSPS) is 11.2. The number of aromatic nitrogens is 2. The molecule has 1 heterocycles. The number of hydrogen-bond acceptors (Lipinski definition) is 4. The molecule has 0 spiro atoms. The Morgan fingerprint density at radius 1 is 1.21 bits per heavy atom. The van der Waals surface area contributed by atoms with E-state index in [4.69, 9.17) is 16.3 Å². The highest BCUT2D eigenvalue weighted by Gasteiger charge is 2.13. The van der Waals surface area contributed by atoms with Crippen LogP contribution in [-0.2, 0) is 4.79 Å². The third kappa shape index (κ3) is 5.23. The molecule has 0 unspecified atom stereocenters. The van der Waals surface area contributed by atoms with Crippen LogP contribution in [0.3, 0.4) is 0 Å². The number of hydrazone groups is 1. The second-order valence-corrected chi connectivity index (χ2v) is 7.20. The Hall–Kier alpha value is -3.12. The molecule has 0 aliphatic rings. The molecule has 29 heavy (non-hydrogen) atoms. The van der Waals surface area contributed by atoms with Crippen molar-refractivity contribution in [1.29, 1.82) is 0 Å². The first-order valence-corrected chi connectivity index (χ1v) is 9.68. The summed E-state index contributed by atoms with van der Waals surface area (Å²) in [5.41, 5.74) is 5.86. The number of rotatable bonds is 7. The molecule has 0 radical (unpaired) electrons. The highest BCUT2D eigenvalue weighted by atomic mass is 35.5. The van der Waals surface area contributed by atoms with Gasteiger partial charge in [-0.1, -0.05) is 55.8 Å². The van der Waals surface area contributed by atoms with E-state index in [1.807, 2.05) is 61.5 Å². The topological polar surface area (TPSA) is 68.5 Å². The van der Waals surface area contributed by atoms with Gasteiger partial charge in [0, 0.05) is 0 Å². The fraction of sp³-hybridized carbons (Fsp3) is 0.227. The largest absolute Gasteiger partial charge is 0.484 e. The van der Waals surface area contributed by atoms with Crippen LogP contribution in [0, 0.1) is 6.92 Å². The maximum absolute atomic E-state index is 12.0. The zero-order valence-electron chi connectivity index (χ0n) is 16.6. The van der Waals surface area contributed by atoms with Gasteiger partial charge in [0.2, 0.25) is 0 Å². The lowest BCUT2D eigenvalue weighted by Crippen LogP contribution is -2.24. The maximum atomic E-state index is 12.0. The quantitative estimate of drug-likeness (QED) is 0.461. The van der Waals surface area contributed by atoms with E-state index < -0.39 is 0 Å². The average Bonchev–Trinajstić information content (AvgIpc) is 3.01. The van der Waals surface area contributed by atoms with E-state index in [-0.39, 0.29) is 12.5 Å². The number of para-hydroxylation sites is 1. The molecule has 1 N–H and O–H groups in total. The first-order valence-electron chi connectivity index (χ1n) is 9.31. The zero-order chi connectivity index (χ0) is 20.8. The second kappa shape index (κ2) is 9.39. The smallest absolute Gasteiger partial charge is 0.277 e. The summed E-state index contributed by atoms with van der Waals surface area (Å²) < 4.78 is 7.12. The standard InChI is InChI=1S/C22H23ClN4O2/c1-15(2)17-9-11-19(12-10-17)29-14-21(28)25-24-13-20-16(3)26-27(22(20)23)18-7-5-4-6-8-18/h4-13,15H,14H2,1-3H3,(H,25,28)/b24-13+. The van der Waals surface area contributed by atoms with Gasteiger partial charge in [0.1, 0.15) is 10.9 Å². The number of nitrogens with zero attached hydrogens (tertiary/aromatic N) is 3. The SMILES string of the molecule is Cc1nn(-c2ccccc2)c(Cl)c1/C=N/NC(=O)COc1ccc(C(C)C)cc1. The van der Waals surface area contributed by atoms with Gasteiger partial charge >= 0.3 is 0 Å². The van der Waals surface area contributed by atoms with Crippen molar-refractivity contribution >= 4 is 23.7 Å². The van der Waals surface area contributed by atoms with Crippen molar-refractivity contribution in [2.75, 3.05) is 6.61 Å². The van der Waals surface area contributed by atoms with E-state index in [9.17, 15) is 4.79 Å². The van der Waals surface area contributed by atoms with Gasteiger partial charge in [0.15, 0.2) is 6.61 Å². The van der Waals surface area contributed by atoms with Crippen LogP contribution in [0.2, 0.25) is 5.15 Å². The van der Waals surface area contributed by atoms with E-state index in [2.05, 4.69) is 29.5 Å². The molecule has 0 fully saturated rings. The number of ether oxygens (including phenoxy) is 1. The number of benzene rings is 2. The van der Waals surface area contributed by atoms with E-state index in [0.717, 1.165) is 5.69 Å². The number of hydrogen-bond donors (Lipinski definition) is 1. The van der Waals surface area contributed by atoms with Crippen LogP contribution in [0.5, 0.6) is 5.75 Å². The van der Waals surface area contributed by atoms with Crippen LogP contribution < -0.4 is 10.2 Å². The number of amides is 1. The van der Waals surface area contributed by atoms with Crippen molar-refractivity contribution in [3.63, 3.8) is 0 Å². The lowest BCUT2D eigenvalue weighted by molar-refractivity contribution is -0.123. The first-order chi connectivity index (χ1) is 14.0. The summed E-state index contributed by atoms with van der Waals surface area (Å²) in [5.74, 6) is 0.721. The Labute approximate surface area is 175 Å². The van der Waals surface area contributed by atoms with E-state index in [0.29, 0.717) is 28.1 Å². The van der Waals surface area contributed by atoms with E-state index >= 15 is 0 Å². The fourth-order valence-corrected chi connectivity index (χ4v) is 3.02. The summed E-state index contributed by atoms with van der Waals surface area (Å²) in [7, 11) is 0. The van der Waals surface area contributed by atoms with Crippen LogP contribution >= 0.6 is 11.6 Å². The molecule has 0 bridgehead atoms. The van der Waals surface area contributed by atoms with Crippen molar-refractivity contribution in [2.24, 2.45) is 5.10 Å². The Balaban J connectivity index is 1.57. The molecule has 0 saturated heterocycles. The van der Waals surface area contributed by atoms with Crippen molar-refractivity contribution in [1.82, 2.24) is 15.2 Å². The monoisotopic (exact) mass is 410 g/mol. The highest BCUT2D eigenvalue weighted by Crippen LogP contribution is 2.22. The van der Waals surface area contributed by atoms with E-state index in [1.165, 1.54) is 11.8 Å². The molecular formula is C22H23ClN4O2. The highest BCUT2D eigenvalue weighted by molar-refractivity contribution is 6.32. The van der Waals surface area contributed by atoms with Crippen LogP contribution in [0.15, 0.2) is 59.7 Å². The lowest BCUT2D eigenvalue weighted by Gasteiger charge is -2.08. The van der Waals surface area contributed by atoms with Crippen molar-refractivity contribution in [2.45, 2.75) is 26.7 Å². The minimum atomic E-state index is -0.363. The number of halogens is 1. The van der Waals surface area contributed by atoms with Gasteiger partial charge in [-0.2, -0.15) is 10.2 Å². The van der Waals surface area contributed by atoms with Gasteiger partial charge < -0.3 is 4.74 Å². The molecule has 1 amide bonds.